The van der Waals surface area contributed by atoms with E-state index in [2.05, 4.69) is 25.7 Å². The average molecular weight is 195 g/mol. The highest BCUT2D eigenvalue weighted by Crippen LogP contribution is 2.40. The lowest BCUT2D eigenvalue weighted by molar-refractivity contribution is -0.141. The highest BCUT2D eigenvalue weighted by atomic mass is 16.2. The van der Waals surface area contributed by atoms with Crippen molar-refractivity contribution in [3.8, 4) is 0 Å². The van der Waals surface area contributed by atoms with Gasteiger partial charge < -0.3 is 4.90 Å². The molecule has 2 saturated heterocycles. The van der Waals surface area contributed by atoms with E-state index in [1.54, 1.807) is 0 Å². The molecule has 0 aliphatic carbocycles. The normalized spacial score (nSPS) is 31.2. The Bertz CT molecular complexity index is 227. The zero-order valence-corrected chi connectivity index (χ0v) is 9.55. The lowest BCUT2D eigenvalue weighted by atomic mass is 9.88. The van der Waals surface area contributed by atoms with Crippen molar-refractivity contribution in [1.29, 1.82) is 0 Å². The molecule has 2 aliphatic heterocycles. The van der Waals surface area contributed by atoms with Crippen molar-refractivity contribution < 1.29 is 4.79 Å². The van der Waals surface area contributed by atoms with Gasteiger partial charge >= 0.3 is 0 Å². The minimum Gasteiger partial charge on any atom is -0.336 e. The minimum atomic E-state index is -0.148. The van der Waals surface area contributed by atoms with Gasteiger partial charge in [-0.3, -0.25) is 4.79 Å². The van der Waals surface area contributed by atoms with E-state index in [1.165, 1.54) is 25.7 Å². The third-order valence-electron chi connectivity index (χ3n) is 4.15. The van der Waals surface area contributed by atoms with Crippen molar-refractivity contribution in [3.63, 3.8) is 0 Å². The summed E-state index contributed by atoms with van der Waals surface area (Å²) in [5.74, 6) is 0.394. The fourth-order valence-corrected chi connectivity index (χ4v) is 2.75. The molecule has 2 bridgehead atoms. The van der Waals surface area contributed by atoms with Gasteiger partial charge in [0.1, 0.15) is 0 Å². The van der Waals surface area contributed by atoms with Crippen molar-refractivity contribution in [3.05, 3.63) is 0 Å². The highest BCUT2D eigenvalue weighted by molar-refractivity contribution is 5.83. The van der Waals surface area contributed by atoms with Gasteiger partial charge in [0.2, 0.25) is 5.91 Å². The van der Waals surface area contributed by atoms with Gasteiger partial charge in [0, 0.05) is 17.5 Å². The van der Waals surface area contributed by atoms with Gasteiger partial charge in [0.15, 0.2) is 0 Å². The van der Waals surface area contributed by atoms with Gasteiger partial charge in [0.25, 0.3) is 0 Å². The number of hydrogen-bond acceptors (Lipinski definition) is 1. The van der Waals surface area contributed by atoms with Gasteiger partial charge in [-0.1, -0.05) is 20.8 Å². The number of amides is 1. The van der Waals surface area contributed by atoms with Crippen molar-refractivity contribution in [2.75, 3.05) is 0 Å². The van der Waals surface area contributed by atoms with Crippen LogP contribution in [0.3, 0.4) is 0 Å². The lowest BCUT2D eigenvalue weighted by Gasteiger charge is -2.31. The van der Waals surface area contributed by atoms with Crippen LogP contribution in [0.25, 0.3) is 0 Å². The van der Waals surface area contributed by atoms with E-state index < -0.39 is 0 Å². The number of carbonyl (C=O) groups is 1. The number of carbonyl (C=O) groups excluding carboxylic acids is 1. The summed E-state index contributed by atoms with van der Waals surface area (Å²) in [4.78, 5) is 14.5. The first-order chi connectivity index (χ1) is 6.56. The second kappa shape index (κ2) is 3.25. The van der Waals surface area contributed by atoms with Crippen molar-refractivity contribution in [2.45, 2.75) is 65.0 Å². The molecule has 2 heterocycles. The molecule has 2 nitrogen and oxygen atoms in total. The average Bonchev–Trinajstić information content (AvgIpc) is 2.75. The second-order valence-electron chi connectivity index (χ2n) is 5.41. The highest BCUT2D eigenvalue weighted by Gasteiger charge is 2.45. The van der Waals surface area contributed by atoms with Crippen LogP contribution in [0.4, 0.5) is 0 Å². The zero-order chi connectivity index (χ0) is 10.3. The Labute approximate surface area is 86.7 Å². The lowest BCUT2D eigenvalue weighted by Crippen LogP contribution is -2.43. The van der Waals surface area contributed by atoms with Gasteiger partial charge in [-0.15, -0.1) is 0 Å². The molecule has 0 saturated carbocycles. The first-order valence-electron chi connectivity index (χ1n) is 5.89. The standard InChI is InChI=1S/C12H21NO/c1-4-12(2,3)11(14)13-9-5-6-10(13)8-7-9/h9-10H,4-8H2,1-3H3. The summed E-state index contributed by atoms with van der Waals surface area (Å²) >= 11 is 0. The second-order valence-corrected chi connectivity index (χ2v) is 5.41. The quantitative estimate of drug-likeness (QED) is 0.663. The monoisotopic (exact) mass is 195 g/mol. The Morgan fingerprint density at radius 3 is 2.00 bits per heavy atom. The van der Waals surface area contributed by atoms with Crippen molar-refractivity contribution in [2.24, 2.45) is 5.41 Å². The number of rotatable bonds is 2. The van der Waals surface area contributed by atoms with Crippen LogP contribution in [0, 0.1) is 5.41 Å². The van der Waals surface area contributed by atoms with Crippen molar-refractivity contribution in [1.82, 2.24) is 4.90 Å². The molecule has 0 atom stereocenters. The summed E-state index contributed by atoms with van der Waals surface area (Å²) in [5, 5.41) is 0. The van der Waals surface area contributed by atoms with E-state index in [0.717, 1.165) is 6.42 Å². The predicted octanol–water partition coefficient (Wildman–Crippen LogP) is 2.58. The molecule has 2 heteroatoms. The number of nitrogens with zero attached hydrogens (tertiary/aromatic N) is 1. The molecule has 0 aromatic rings. The fourth-order valence-electron chi connectivity index (χ4n) is 2.75. The Kier molecular flexibility index (Phi) is 2.32. The number of fused-ring (bicyclic) bond motifs is 2. The van der Waals surface area contributed by atoms with Gasteiger partial charge in [-0.2, -0.15) is 0 Å². The molecule has 14 heavy (non-hydrogen) atoms. The first-order valence-corrected chi connectivity index (χ1v) is 5.89. The van der Waals surface area contributed by atoms with E-state index in [0.29, 0.717) is 18.0 Å². The van der Waals surface area contributed by atoms with Crippen LogP contribution in [-0.4, -0.2) is 22.9 Å². The predicted molar refractivity (Wildman–Crippen MR) is 57.0 cm³/mol. The summed E-state index contributed by atoms with van der Waals surface area (Å²) in [6.07, 6.45) is 5.93. The van der Waals surface area contributed by atoms with E-state index in [1.807, 2.05) is 0 Å². The topological polar surface area (TPSA) is 20.3 Å². The minimum absolute atomic E-state index is 0.148. The fraction of sp³-hybridized carbons (Fsp3) is 0.917. The summed E-state index contributed by atoms with van der Waals surface area (Å²) in [5.41, 5.74) is -0.148. The van der Waals surface area contributed by atoms with Crippen LogP contribution < -0.4 is 0 Å². The Morgan fingerprint density at radius 2 is 1.64 bits per heavy atom. The van der Waals surface area contributed by atoms with Crippen LogP contribution in [-0.2, 0) is 4.79 Å². The van der Waals surface area contributed by atoms with Gasteiger partial charge in [-0.05, 0) is 32.1 Å². The molecule has 2 aliphatic rings. The zero-order valence-electron chi connectivity index (χ0n) is 9.55. The Balaban J connectivity index is 2.13. The van der Waals surface area contributed by atoms with E-state index in [4.69, 9.17) is 0 Å². The summed E-state index contributed by atoms with van der Waals surface area (Å²) < 4.78 is 0. The summed E-state index contributed by atoms with van der Waals surface area (Å²) in [6.45, 7) is 6.26. The molecular weight excluding hydrogens is 174 g/mol. The van der Waals surface area contributed by atoms with E-state index in [9.17, 15) is 4.79 Å². The first kappa shape index (κ1) is 10.0. The van der Waals surface area contributed by atoms with E-state index in [-0.39, 0.29) is 5.41 Å². The van der Waals surface area contributed by atoms with Crippen LogP contribution in [0.1, 0.15) is 52.9 Å². The van der Waals surface area contributed by atoms with Crippen LogP contribution in [0.5, 0.6) is 0 Å². The third kappa shape index (κ3) is 1.35. The Morgan fingerprint density at radius 1 is 1.21 bits per heavy atom. The molecule has 2 rings (SSSR count). The molecule has 1 amide bonds. The van der Waals surface area contributed by atoms with Gasteiger partial charge in [-0.25, -0.2) is 0 Å². The van der Waals surface area contributed by atoms with Crippen LogP contribution >= 0.6 is 0 Å². The van der Waals surface area contributed by atoms with E-state index >= 15 is 0 Å². The van der Waals surface area contributed by atoms with Crippen LogP contribution in [0.2, 0.25) is 0 Å². The van der Waals surface area contributed by atoms with Crippen molar-refractivity contribution >= 4 is 5.91 Å². The smallest absolute Gasteiger partial charge is 0.228 e. The maximum Gasteiger partial charge on any atom is 0.228 e. The SMILES string of the molecule is CCC(C)(C)C(=O)N1C2CCC1CC2. The molecule has 0 spiro atoms. The number of hydrogen-bond donors (Lipinski definition) is 0. The molecule has 0 N–H and O–H groups in total. The molecule has 0 aromatic heterocycles. The summed E-state index contributed by atoms with van der Waals surface area (Å²) in [6, 6.07) is 1.16. The maximum atomic E-state index is 12.3. The molecule has 0 aromatic carbocycles. The van der Waals surface area contributed by atoms with Gasteiger partial charge in [0.05, 0.1) is 0 Å². The van der Waals surface area contributed by atoms with Crippen LogP contribution in [0.15, 0.2) is 0 Å². The molecule has 0 unspecified atom stereocenters. The molecule has 2 fully saturated rings. The molecule has 0 radical (unpaired) electrons. The largest absolute Gasteiger partial charge is 0.336 e. The Hall–Kier alpha value is -0.530. The molecule has 80 valence electrons. The maximum absolute atomic E-state index is 12.3. The third-order valence-corrected chi connectivity index (χ3v) is 4.15. The summed E-state index contributed by atoms with van der Waals surface area (Å²) in [7, 11) is 0. The molecular formula is C12H21NO.